The third kappa shape index (κ3) is 60.1. The molecule has 0 aliphatic heterocycles. The van der Waals surface area contributed by atoms with Crippen molar-refractivity contribution in [2.45, 2.75) is 362 Å². The standard InChI is InChI=1S/C68H132O17P2/c1-7-11-13-15-16-17-18-19-20-21-22-23-28-34-40-46-52-67(72)85-64(57-79-66(71)51-45-39-33-27-25-24-26-31-37-42-48-60(5)9-3)59-83-87(76,77)81-55-62(69)54-80-86(74,75)82-58-63(56-78-65(70)50-44-36-14-12-8-2)84-68(73)53-47-41-35-30-29-32-38-43-49-61(6)10-4/h60-64,69H,7-59H2,1-6H3,(H,74,75)(H,76,77)/t60?,61?,62-,63+,64+/m0/s1. The molecule has 0 aromatic heterocycles. The number of unbranched alkanes of at least 4 members (excludes halogenated alkanes) is 35. The highest BCUT2D eigenvalue weighted by atomic mass is 31.2. The fourth-order valence-electron chi connectivity index (χ4n) is 10.2. The molecule has 0 saturated heterocycles. The molecule has 7 atom stereocenters. The van der Waals surface area contributed by atoms with Gasteiger partial charge in [-0.2, -0.15) is 0 Å². The Morgan fingerprint density at radius 2 is 0.552 bits per heavy atom. The van der Waals surface area contributed by atoms with E-state index in [9.17, 15) is 43.2 Å². The topological polar surface area (TPSA) is 237 Å². The molecule has 0 heterocycles. The Balaban J connectivity index is 5.18. The molecule has 0 radical (unpaired) electrons. The highest BCUT2D eigenvalue weighted by Gasteiger charge is 2.30. The molecule has 3 N–H and O–H groups in total. The predicted octanol–water partition coefficient (Wildman–Crippen LogP) is 19.2. The number of hydrogen-bond donors (Lipinski definition) is 3. The Bertz CT molecular complexity index is 1700. The van der Waals surface area contributed by atoms with Gasteiger partial charge in [-0.25, -0.2) is 9.13 Å². The van der Waals surface area contributed by atoms with E-state index >= 15 is 0 Å². The number of phosphoric ester groups is 2. The monoisotopic (exact) mass is 1280 g/mol. The van der Waals surface area contributed by atoms with Crippen LogP contribution in [0.3, 0.4) is 0 Å². The Hall–Kier alpha value is -1.94. The first-order valence-corrected chi connectivity index (χ1v) is 38.6. The molecule has 0 rings (SSSR count). The van der Waals surface area contributed by atoms with Crippen LogP contribution < -0.4 is 0 Å². The summed E-state index contributed by atoms with van der Waals surface area (Å²) in [5.74, 6) is -0.559. The van der Waals surface area contributed by atoms with E-state index in [0.717, 1.165) is 108 Å². The van der Waals surface area contributed by atoms with Gasteiger partial charge in [0.1, 0.15) is 19.3 Å². The summed E-state index contributed by atoms with van der Waals surface area (Å²) in [6.45, 7) is 9.47. The number of esters is 4. The smallest absolute Gasteiger partial charge is 0.462 e. The van der Waals surface area contributed by atoms with Crippen LogP contribution in [0.4, 0.5) is 0 Å². The number of phosphoric acid groups is 2. The molecule has 0 saturated carbocycles. The number of aliphatic hydroxyl groups is 1. The molecule has 87 heavy (non-hydrogen) atoms. The summed E-state index contributed by atoms with van der Waals surface area (Å²) in [4.78, 5) is 72.2. The minimum absolute atomic E-state index is 0.104. The maximum absolute atomic E-state index is 13.0. The van der Waals surface area contributed by atoms with Crippen LogP contribution in [0.15, 0.2) is 0 Å². The second-order valence-electron chi connectivity index (χ2n) is 25.0. The summed E-state index contributed by atoms with van der Waals surface area (Å²) < 4.78 is 68.0. The van der Waals surface area contributed by atoms with Crippen molar-refractivity contribution in [3.8, 4) is 0 Å². The van der Waals surface area contributed by atoms with E-state index in [0.29, 0.717) is 25.7 Å². The van der Waals surface area contributed by atoms with Crippen LogP contribution in [0.2, 0.25) is 0 Å². The van der Waals surface area contributed by atoms with Crippen LogP contribution in [0.5, 0.6) is 0 Å². The maximum atomic E-state index is 13.0. The summed E-state index contributed by atoms with van der Waals surface area (Å²) >= 11 is 0. The minimum Gasteiger partial charge on any atom is -0.462 e. The van der Waals surface area contributed by atoms with Crippen molar-refractivity contribution in [1.29, 1.82) is 0 Å². The number of aliphatic hydroxyl groups excluding tert-OH is 1. The van der Waals surface area contributed by atoms with Crippen LogP contribution in [0.1, 0.15) is 343 Å². The van der Waals surface area contributed by atoms with E-state index in [1.165, 1.54) is 154 Å². The predicted molar refractivity (Wildman–Crippen MR) is 349 cm³/mol. The molecule has 0 spiro atoms. The first kappa shape index (κ1) is 85.1. The van der Waals surface area contributed by atoms with Crippen LogP contribution in [0.25, 0.3) is 0 Å². The van der Waals surface area contributed by atoms with Crippen molar-refractivity contribution >= 4 is 39.5 Å². The zero-order chi connectivity index (χ0) is 64.3. The SMILES string of the molecule is CCCCCCCCCCCCCCCCCCC(=O)O[C@H](COC(=O)CCCCCCCCCCCCC(C)CC)COP(=O)(O)OC[C@@H](O)COP(=O)(O)OC[C@@H](COC(=O)CCCCCCC)OC(=O)CCCCCCCCCCC(C)CC. The molecule has 0 amide bonds. The first-order chi connectivity index (χ1) is 41.9. The van der Waals surface area contributed by atoms with E-state index in [-0.39, 0.29) is 25.7 Å². The quantitative estimate of drug-likeness (QED) is 0.0222. The van der Waals surface area contributed by atoms with E-state index in [4.69, 9.17) is 37.0 Å². The largest absolute Gasteiger partial charge is 0.472 e. The zero-order valence-electron chi connectivity index (χ0n) is 56.3. The van der Waals surface area contributed by atoms with Crippen LogP contribution in [-0.2, 0) is 65.4 Å². The molecule has 0 aliphatic rings. The second kappa shape index (κ2) is 60.3. The van der Waals surface area contributed by atoms with Gasteiger partial charge >= 0.3 is 39.5 Å². The summed E-state index contributed by atoms with van der Waals surface area (Å²) in [6.07, 6.45) is 44.7. The van der Waals surface area contributed by atoms with E-state index in [1.807, 2.05) is 0 Å². The number of hydrogen-bond acceptors (Lipinski definition) is 15. The maximum Gasteiger partial charge on any atom is 0.472 e. The fraction of sp³-hybridized carbons (Fsp3) is 0.941. The van der Waals surface area contributed by atoms with E-state index in [2.05, 4.69) is 41.5 Å². The number of carbonyl (C=O) groups excluding carboxylic acids is 4. The molecule has 0 bridgehead atoms. The lowest BCUT2D eigenvalue weighted by molar-refractivity contribution is -0.161. The third-order valence-electron chi connectivity index (χ3n) is 16.4. The molecule has 0 aromatic rings. The molecule has 516 valence electrons. The van der Waals surface area contributed by atoms with Gasteiger partial charge in [0.2, 0.25) is 0 Å². The van der Waals surface area contributed by atoms with Gasteiger partial charge in [-0.3, -0.25) is 37.3 Å². The molecule has 0 aromatic carbocycles. The Labute approximate surface area is 530 Å². The van der Waals surface area contributed by atoms with Crippen LogP contribution >= 0.6 is 15.6 Å². The van der Waals surface area contributed by atoms with Gasteiger partial charge in [-0.05, 0) is 37.5 Å². The van der Waals surface area contributed by atoms with Crippen molar-refractivity contribution in [2.24, 2.45) is 11.8 Å². The number of ether oxygens (including phenoxy) is 4. The summed E-state index contributed by atoms with van der Waals surface area (Å²) in [5, 5.41) is 10.5. The summed E-state index contributed by atoms with van der Waals surface area (Å²) in [5.41, 5.74) is 0. The number of rotatable bonds is 67. The van der Waals surface area contributed by atoms with Gasteiger partial charge in [0, 0.05) is 25.7 Å². The molecule has 4 unspecified atom stereocenters. The van der Waals surface area contributed by atoms with Gasteiger partial charge < -0.3 is 33.8 Å². The lowest BCUT2D eigenvalue weighted by Gasteiger charge is -2.21. The van der Waals surface area contributed by atoms with Gasteiger partial charge in [0.25, 0.3) is 0 Å². The highest BCUT2D eigenvalue weighted by Crippen LogP contribution is 2.45. The van der Waals surface area contributed by atoms with Gasteiger partial charge in [0.05, 0.1) is 26.4 Å². The lowest BCUT2D eigenvalue weighted by atomic mass is 9.99. The molecule has 0 aliphatic carbocycles. The van der Waals surface area contributed by atoms with Crippen LogP contribution in [0, 0.1) is 11.8 Å². The van der Waals surface area contributed by atoms with E-state index in [1.54, 1.807) is 0 Å². The average molecular weight is 1280 g/mol. The van der Waals surface area contributed by atoms with E-state index < -0.39 is 97.5 Å². The van der Waals surface area contributed by atoms with Gasteiger partial charge in [0.15, 0.2) is 12.2 Å². The molecular weight excluding hydrogens is 1150 g/mol. The van der Waals surface area contributed by atoms with Crippen molar-refractivity contribution < 1.29 is 80.2 Å². The first-order valence-electron chi connectivity index (χ1n) is 35.6. The molecule has 0 fully saturated rings. The average Bonchev–Trinajstić information content (AvgIpc) is 3.71. The molecular formula is C68H132O17P2. The Morgan fingerprint density at radius 3 is 0.816 bits per heavy atom. The van der Waals surface area contributed by atoms with Crippen molar-refractivity contribution in [1.82, 2.24) is 0 Å². The fourth-order valence-corrected chi connectivity index (χ4v) is 11.8. The Morgan fingerprint density at radius 1 is 0.322 bits per heavy atom. The Kier molecular flexibility index (Phi) is 59.0. The van der Waals surface area contributed by atoms with Gasteiger partial charge in [-0.15, -0.1) is 0 Å². The highest BCUT2D eigenvalue weighted by molar-refractivity contribution is 7.47. The van der Waals surface area contributed by atoms with Crippen molar-refractivity contribution in [3.05, 3.63) is 0 Å². The lowest BCUT2D eigenvalue weighted by Crippen LogP contribution is -2.30. The van der Waals surface area contributed by atoms with Gasteiger partial charge in [-0.1, -0.05) is 292 Å². The van der Waals surface area contributed by atoms with Crippen molar-refractivity contribution in [2.75, 3.05) is 39.6 Å². The third-order valence-corrected chi connectivity index (χ3v) is 18.3. The number of carbonyl (C=O) groups is 4. The molecule has 17 nitrogen and oxygen atoms in total. The normalized spacial score (nSPS) is 14.8. The zero-order valence-corrected chi connectivity index (χ0v) is 58.1. The molecule has 19 heteroatoms. The summed E-state index contributed by atoms with van der Waals surface area (Å²) in [7, 11) is -9.89. The second-order valence-corrected chi connectivity index (χ2v) is 28.0. The van der Waals surface area contributed by atoms with Crippen LogP contribution in [-0.4, -0.2) is 96.7 Å². The van der Waals surface area contributed by atoms with Crippen molar-refractivity contribution in [3.63, 3.8) is 0 Å². The minimum atomic E-state index is -4.95. The summed E-state index contributed by atoms with van der Waals surface area (Å²) in [6, 6.07) is 0.